The number of nitrogens with zero attached hydrogens (tertiary/aromatic N) is 1. The van der Waals surface area contributed by atoms with E-state index in [1.807, 2.05) is 68.4 Å². The van der Waals surface area contributed by atoms with Crippen molar-refractivity contribution in [3.05, 3.63) is 95.6 Å². The number of carbonyl (C=O) groups excluding carboxylic acids is 2. The Labute approximate surface area is 198 Å². The third kappa shape index (κ3) is 8.46. The highest BCUT2D eigenvalue weighted by Crippen LogP contribution is 2.17. The molecule has 0 saturated carbocycles. The van der Waals surface area contributed by atoms with Gasteiger partial charge in [0.1, 0.15) is 5.75 Å². The molecule has 0 bridgehead atoms. The molecule has 0 spiro atoms. The van der Waals surface area contributed by atoms with Gasteiger partial charge in [0.2, 0.25) is 0 Å². The van der Waals surface area contributed by atoms with E-state index in [4.69, 9.17) is 4.74 Å². The Bertz CT molecular complexity index is 1070. The number of hydrazone groups is 1. The summed E-state index contributed by atoms with van der Waals surface area (Å²) in [5.74, 6) is 0.961. The molecule has 2 amide bonds. The number of ether oxygens (including phenoxy) is 1. The molecule has 0 heterocycles. The highest BCUT2D eigenvalue weighted by molar-refractivity contribution is 7.99. The maximum absolute atomic E-state index is 12.2. The van der Waals surface area contributed by atoms with Crippen LogP contribution in [0.4, 0.5) is 5.69 Å². The molecular formula is C26H27N3O3S. The molecule has 33 heavy (non-hydrogen) atoms. The summed E-state index contributed by atoms with van der Waals surface area (Å²) in [5, 5.41) is 6.60. The van der Waals surface area contributed by atoms with Crippen LogP contribution in [0.3, 0.4) is 0 Å². The van der Waals surface area contributed by atoms with Crippen LogP contribution in [0.25, 0.3) is 0 Å². The van der Waals surface area contributed by atoms with Crippen molar-refractivity contribution in [1.82, 2.24) is 5.43 Å². The highest BCUT2D eigenvalue weighted by Gasteiger charge is 2.12. The molecule has 6 nitrogen and oxygen atoms in total. The van der Waals surface area contributed by atoms with Crippen LogP contribution in [0.2, 0.25) is 0 Å². The van der Waals surface area contributed by atoms with Crippen molar-refractivity contribution in [3.8, 4) is 5.75 Å². The maximum Gasteiger partial charge on any atom is 0.262 e. The van der Waals surface area contributed by atoms with Gasteiger partial charge in [-0.2, -0.15) is 5.10 Å². The van der Waals surface area contributed by atoms with E-state index in [2.05, 4.69) is 15.8 Å². The molecule has 0 aliphatic heterocycles. The molecule has 3 rings (SSSR count). The lowest BCUT2D eigenvalue weighted by molar-refractivity contribution is -0.120. The summed E-state index contributed by atoms with van der Waals surface area (Å²) < 4.78 is 5.53. The van der Waals surface area contributed by atoms with Crippen LogP contribution >= 0.6 is 11.8 Å². The normalized spacial score (nSPS) is 11.7. The molecule has 0 unspecified atom stereocenters. The summed E-state index contributed by atoms with van der Waals surface area (Å²) in [6.07, 6.45) is 1.57. The number of aryl methyl sites for hydroxylation is 1. The number of anilines is 1. The summed E-state index contributed by atoms with van der Waals surface area (Å²) in [7, 11) is 0. The number of hydrogen-bond acceptors (Lipinski definition) is 5. The molecule has 0 fully saturated rings. The molecule has 0 aromatic heterocycles. The zero-order chi connectivity index (χ0) is 23.5. The standard InChI is InChI=1S/C26H27N3O3S/c1-19-8-12-23(13-9-19)28-25(30)17-32-24-14-10-21(11-15-24)16-27-29-26(31)20(2)33-18-22-6-4-3-5-7-22/h3-16,20H,17-18H2,1-2H3,(H,28,30)(H,29,31)/b27-16-/t20-/m1/s1. The number of amides is 2. The van der Waals surface area contributed by atoms with Crippen LogP contribution in [-0.2, 0) is 15.3 Å². The molecule has 3 aromatic carbocycles. The summed E-state index contributed by atoms with van der Waals surface area (Å²) in [6, 6.07) is 24.7. The number of carbonyl (C=O) groups is 2. The van der Waals surface area contributed by atoms with Crippen LogP contribution in [0.5, 0.6) is 5.75 Å². The SMILES string of the molecule is Cc1ccc(NC(=O)COc2ccc(/C=N\NC(=O)[C@@H](C)SCc3ccccc3)cc2)cc1. The average molecular weight is 462 g/mol. The van der Waals surface area contributed by atoms with Gasteiger partial charge in [-0.15, -0.1) is 11.8 Å². The van der Waals surface area contributed by atoms with E-state index in [-0.39, 0.29) is 23.7 Å². The van der Waals surface area contributed by atoms with Crippen molar-refractivity contribution < 1.29 is 14.3 Å². The highest BCUT2D eigenvalue weighted by atomic mass is 32.2. The van der Waals surface area contributed by atoms with E-state index < -0.39 is 0 Å². The van der Waals surface area contributed by atoms with Crippen LogP contribution in [0, 0.1) is 6.92 Å². The lowest BCUT2D eigenvalue weighted by Gasteiger charge is -2.09. The number of hydrogen-bond donors (Lipinski definition) is 2. The Morgan fingerprint density at radius 2 is 1.70 bits per heavy atom. The lowest BCUT2D eigenvalue weighted by atomic mass is 10.2. The molecular weight excluding hydrogens is 434 g/mol. The third-order valence-corrected chi connectivity index (χ3v) is 5.90. The van der Waals surface area contributed by atoms with Crippen LogP contribution < -0.4 is 15.5 Å². The molecule has 1 atom stereocenters. The second kappa shape index (κ2) is 12.5. The quantitative estimate of drug-likeness (QED) is 0.336. The molecule has 0 aliphatic rings. The topological polar surface area (TPSA) is 79.8 Å². The molecule has 3 aromatic rings. The van der Waals surface area contributed by atoms with Gasteiger partial charge in [-0.25, -0.2) is 5.43 Å². The number of thioether (sulfide) groups is 1. The summed E-state index contributed by atoms with van der Waals surface area (Å²) in [6.45, 7) is 3.76. The number of nitrogens with one attached hydrogen (secondary N) is 2. The zero-order valence-electron chi connectivity index (χ0n) is 18.7. The zero-order valence-corrected chi connectivity index (χ0v) is 19.5. The van der Waals surface area contributed by atoms with E-state index in [1.165, 1.54) is 5.56 Å². The number of rotatable bonds is 10. The van der Waals surface area contributed by atoms with Gasteiger partial charge >= 0.3 is 0 Å². The van der Waals surface area contributed by atoms with Gasteiger partial charge < -0.3 is 10.1 Å². The molecule has 0 radical (unpaired) electrons. The molecule has 7 heteroatoms. The van der Waals surface area contributed by atoms with Crippen LogP contribution in [0.15, 0.2) is 84.0 Å². The fraction of sp³-hybridized carbons (Fsp3) is 0.192. The van der Waals surface area contributed by atoms with Crippen molar-refractivity contribution in [2.24, 2.45) is 5.10 Å². The van der Waals surface area contributed by atoms with E-state index in [1.54, 1.807) is 42.2 Å². The lowest BCUT2D eigenvalue weighted by Crippen LogP contribution is -2.26. The van der Waals surface area contributed by atoms with E-state index in [9.17, 15) is 9.59 Å². The van der Waals surface area contributed by atoms with Gasteiger partial charge in [0.05, 0.1) is 11.5 Å². The first-order chi connectivity index (χ1) is 16.0. The van der Waals surface area contributed by atoms with Gasteiger partial charge in [-0.3, -0.25) is 9.59 Å². The smallest absolute Gasteiger partial charge is 0.262 e. The first-order valence-electron chi connectivity index (χ1n) is 10.6. The van der Waals surface area contributed by atoms with E-state index >= 15 is 0 Å². The largest absolute Gasteiger partial charge is 0.484 e. The van der Waals surface area contributed by atoms with Crippen molar-refractivity contribution in [2.75, 3.05) is 11.9 Å². The number of benzene rings is 3. The van der Waals surface area contributed by atoms with Crippen molar-refractivity contribution >= 4 is 35.5 Å². The first-order valence-corrected chi connectivity index (χ1v) is 11.6. The average Bonchev–Trinajstić information content (AvgIpc) is 2.84. The first kappa shape index (κ1) is 24.1. The Morgan fingerprint density at radius 1 is 1.00 bits per heavy atom. The molecule has 0 aliphatic carbocycles. The minimum atomic E-state index is -0.230. The predicted molar refractivity (Wildman–Crippen MR) is 135 cm³/mol. The maximum atomic E-state index is 12.2. The minimum Gasteiger partial charge on any atom is -0.484 e. The van der Waals surface area contributed by atoms with Gasteiger partial charge in [0.25, 0.3) is 11.8 Å². The van der Waals surface area contributed by atoms with E-state index in [0.29, 0.717) is 5.75 Å². The monoisotopic (exact) mass is 461 g/mol. The van der Waals surface area contributed by atoms with Crippen molar-refractivity contribution in [1.29, 1.82) is 0 Å². The van der Waals surface area contributed by atoms with Gasteiger partial charge in [0.15, 0.2) is 6.61 Å². The van der Waals surface area contributed by atoms with Crippen LogP contribution in [-0.4, -0.2) is 29.9 Å². The van der Waals surface area contributed by atoms with Gasteiger partial charge in [0, 0.05) is 11.4 Å². The Balaban J connectivity index is 1.38. The van der Waals surface area contributed by atoms with Crippen LogP contribution in [0.1, 0.15) is 23.6 Å². The molecule has 170 valence electrons. The van der Waals surface area contributed by atoms with Gasteiger partial charge in [-0.1, -0.05) is 48.0 Å². The fourth-order valence-electron chi connectivity index (χ4n) is 2.77. The Morgan fingerprint density at radius 3 is 2.39 bits per heavy atom. The Hall–Kier alpha value is -3.58. The second-order valence-electron chi connectivity index (χ2n) is 7.44. The minimum absolute atomic E-state index is 0.0874. The van der Waals surface area contributed by atoms with Crippen molar-refractivity contribution in [3.63, 3.8) is 0 Å². The van der Waals surface area contributed by atoms with Crippen molar-refractivity contribution in [2.45, 2.75) is 24.9 Å². The van der Waals surface area contributed by atoms with E-state index in [0.717, 1.165) is 22.6 Å². The molecule has 0 saturated heterocycles. The Kier molecular flexibility index (Phi) is 9.08. The summed E-state index contributed by atoms with van der Waals surface area (Å²) >= 11 is 1.56. The fourth-order valence-corrected chi connectivity index (χ4v) is 3.60. The summed E-state index contributed by atoms with van der Waals surface area (Å²) in [5.41, 5.74) is 6.42. The summed E-state index contributed by atoms with van der Waals surface area (Å²) in [4.78, 5) is 24.2. The predicted octanol–water partition coefficient (Wildman–Crippen LogP) is 4.78. The van der Waals surface area contributed by atoms with Gasteiger partial charge in [-0.05, 0) is 61.4 Å². The molecule has 2 N–H and O–H groups in total. The third-order valence-electron chi connectivity index (χ3n) is 4.69. The second-order valence-corrected chi connectivity index (χ2v) is 8.77.